The molecule has 2 aromatic carbocycles. The Morgan fingerprint density at radius 3 is 2.62 bits per heavy atom. The highest BCUT2D eigenvalue weighted by Gasteiger charge is 2.36. The summed E-state index contributed by atoms with van der Waals surface area (Å²) in [4.78, 5) is 12.6. The molecule has 0 aliphatic carbocycles. The molecule has 0 fully saturated rings. The van der Waals surface area contributed by atoms with Crippen molar-refractivity contribution in [2.45, 2.75) is 51.7 Å². The third-order valence-corrected chi connectivity index (χ3v) is 6.06. The SMILES string of the molecule is CCN1c2cc(Cl)c(/C=N/Nc3ccc(C(F)(F)F)cc3[N+](=O)[O-])cc2C(C)CC1(C)C. The van der Waals surface area contributed by atoms with Crippen LogP contribution in [0.25, 0.3) is 0 Å². The van der Waals surface area contributed by atoms with Crippen molar-refractivity contribution < 1.29 is 18.1 Å². The van der Waals surface area contributed by atoms with Gasteiger partial charge < -0.3 is 4.90 Å². The Morgan fingerprint density at radius 2 is 2.03 bits per heavy atom. The van der Waals surface area contributed by atoms with Crippen LogP contribution >= 0.6 is 11.6 Å². The molecule has 0 amide bonds. The van der Waals surface area contributed by atoms with E-state index in [2.05, 4.69) is 43.1 Å². The lowest BCUT2D eigenvalue weighted by atomic mass is 9.79. The molecule has 1 heterocycles. The summed E-state index contributed by atoms with van der Waals surface area (Å²) in [6.45, 7) is 9.45. The maximum Gasteiger partial charge on any atom is 0.416 e. The third kappa shape index (κ3) is 4.67. The first-order chi connectivity index (χ1) is 14.8. The summed E-state index contributed by atoms with van der Waals surface area (Å²) < 4.78 is 38.6. The molecular weight excluding hydrogens is 445 g/mol. The van der Waals surface area contributed by atoms with Gasteiger partial charge in [-0.3, -0.25) is 15.5 Å². The maximum atomic E-state index is 12.9. The van der Waals surface area contributed by atoms with Crippen molar-refractivity contribution >= 4 is 34.9 Å². The van der Waals surface area contributed by atoms with Crippen molar-refractivity contribution in [3.05, 3.63) is 62.2 Å². The Morgan fingerprint density at radius 1 is 1.34 bits per heavy atom. The fourth-order valence-electron chi connectivity index (χ4n) is 4.34. The molecule has 1 aliphatic rings. The van der Waals surface area contributed by atoms with E-state index in [9.17, 15) is 23.3 Å². The highest BCUT2D eigenvalue weighted by Crippen LogP contribution is 2.44. The van der Waals surface area contributed by atoms with E-state index in [1.165, 1.54) is 6.21 Å². The summed E-state index contributed by atoms with van der Waals surface area (Å²) in [5, 5.41) is 15.7. The lowest BCUT2D eigenvalue weighted by Gasteiger charge is -2.47. The van der Waals surface area contributed by atoms with Crippen LogP contribution in [-0.4, -0.2) is 23.2 Å². The normalized spacial score (nSPS) is 18.0. The molecule has 3 rings (SSSR count). The number of hydrogen-bond acceptors (Lipinski definition) is 5. The molecule has 32 heavy (non-hydrogen) atoms. The van der Waals surface area contributed by atoms with Gasteiger partial charge in [0.15, 0.2) is 0 Å². The van der Waals surface area contributed by atoms with E-state index in [0.29, 0.717) is 16.7 Å². The first-order valence-electron chi connectivity index (χ1n) is 10.1. The van der Waals surface area contributed by atoms with Crippen LogP contribution in [0.5, 0.6) is 0 Å². The molecule has 6 nitrogen and oxygen atoms in total. The number of nitro benzene ring substituents is 1. The molecule has 10 heteroatoms. The first kappa shape index (κ1) is 23.8. The predicted octanol–water partition coefficient (Wildman–Crippen LogP) is 6.83. The third-order valence-electron chi connectivity index (χ3n) is 5.73. The summed E-state index contributed by atoms with van der Waals surface area (Å²) in [6, 6.07) is 6.05. The molecule has 1 atom stereocenters. The largest absolute Gasteiger partial charge is 0.416 e. The number of rotatable bonds is 5. The van der Waals surface area contributed by atoms with Crippen molar-refractivity contribution in [1.82, 2.24) is 0 Å². The summed E-state index contributed by atoms with van der Waals surface area (Å²) in [7, 11) is 0. The molecule has 0 spiro atoms. The average molecular weight is 469 g/mol. The van der Waals surface area contributed by atoms with E-state index in [1.54, 1.807) is 0 Å². The molecule has 2 aromatic rings. The monoisotopic (exact) mass is 468 g/mol. The molecule has 1 unspecified atom stereocenters. The van der Waals surface area contributed by atoms with Gasteiger partial charge in [-0.2, -0.15) is 18.3 Å². The minimum absolute atomic E-state index is 0.0107. The molecule has 1 aliphatic heterocycles. The van der Waals surface area contributed by atoms with E-state index in [-0.39, 0.29) is 17.1 Å². The topological polar surface area (TPSA) is 70.8 Å². The van der Waals surface area contributed by atoms with Gasteiger partial charge in [-0.1, -0.05) is 18.5 Å². The number of halogens is 4. The standard InChI is InChI=1S/C22H24ClF3N4O2/c1-5-29-19-10-17(23)14(8-16(19)13(2)11-21(29,3)4)12-27-28-18-7-6-15(22(24,25)26)9-20(18)30(31)32/h6-10,12-13,28H,5,11H2,1-4H3/b27-12+. The molecule has 1 N–H and O–H groups in total. The Balaban J connectivity index is 1.90. The second-order valence-corrected chi connectivity index (χ2v) is 8.86. The Hall–Kier alpha value is -2.81. The summed E-state index contributed by atoms with van der Waals surface area (Å²) >= 11 is 6.48. The number of fused-ring (bicyclic) bond motifs is 1. The van der Waals surface area contributed by atoms with Gasteiger partial charge in [-0.15, -0.1) is 0 Å². The van der Waals surface area contributed by atoms with Crippen LogP contribution in [0.3, 0.4) is 0 Å². The van der Waals surface area contributed by atoms with E-state index in [1.807, 2.05) is 12.1 Å². The molecule has 0 aromatic heterocycles. The van der Waals surface area contributed by atoms with Gasteiger partial charge in [0.1, 0.15) is 5.69 Å². The van der Waals surface area contributed by atoms with Crippen LogP contribution in [0.1, 0.15) is 56.7 Å². The lowest BCUT2D eigenvalue weighted by Crippen LogP contribution is -2.48. The number of hydrazone groups is 1. The van der Waals surface area contributed by atoms with Gasteiger partial charge in [-0.25, -0.2) is 0 Å². The molecule has 0 saturated carbocycles. The summed E-state index contributed by atoms with van der Waals surface area (Å²) in [5.74, 6) is 0.288. The van der Waals surface area contributed by atoms with Crippen molar-refractivity contribution in [3.63, 3.8) is 0 Å². The number of benzene rings is 2. The lowest BCUT2D eigenvalue weighted by molar-refractivity contribution is -0.384. The Labute approximate surface area is 189 Å². The number of hydrogen-bond donors (Lipinski definition) is 1. The second-order valence-electron chi connectivity index (χ2n) is 8.45. The van der Waals surface area contributed by atoms with Crippen molar-refractivity contribution in [1.29, 1.82) is 0 Å². The van der Waals surface area contributed by atoms with Gasteiger partial charge in [0.05, 0.1) is 21.7 Å². The fourth-order valence-corrected chi connectivity index (χ4v) is 4.55. The quantitative estimate of drug-likeness (QED) is 0.297. The molecule has 0 saturated heterocycles. The fraction of sp³-hybridized carbons (Fsp3) is 0.409. The predicted molar refractivity (Wildman–Crippen MR) is 121 cm³/mol. The number of anilines is 2. The van der Waals surface area contributed by atoms with Gasteiger partial charge >= 0.3 is 6.18 Å². The van der Waals surface area contributed by atoms with Gasteiger partial charge in [0.25, 0.3) is 5.69 Å². The zero-order valence-corrected chi connectivity index (χ0v) is 18.9. The van der Waals surface area contributed by atoms with Crippen LogP contribution < -0.4 is 10.3 Å². The van der Waals surface area contributed by atoms with E-state index in [0.717, 1.165) is 36.3 Å². The molecule has 172 valence electrons. The summed E-state index contributed by atoms with van der Waals surface area (Å²) in [5.41, 5.74) is 3.27. The first-order valence-corrected chi connectivity index (χ1v) is 10.5. The molecular formula is C22H24ClF3N4O2. The number of nitrogens with zero attached hydrogens (tertiary/aromatic N) is 3. The Bertz CT molecular complexity index is 1070. The second kappa shape index (κ2) is 8.61. The molecule has 0 radical (unpaired) electrons. The minimum Gasteiger partial charge on any atom is -0.366 e. The highest BCUT2D eigenvalue weighted by molar-refractivity contribution is 6.33. The van der Waals surface area contributed by atoms with Crippen molar-refractivity contribution in [2.75, 3.05) is 16.9 Å². The summed E-state index contributed by atoms with van der Waals surface area (Å²) in [6.07, 6.45) is -2.31. The van der Waals surface area contributed by atoms with Crippen LogP contribution in [-0.2, 0) is 6.18 Å². The number of alkyl halides is 3. The minimum atomic E-state index is -4.68. The number of nitro groups is 1. The van der Waals surface area contributed by atoms with E-state index < -0.39 is 22.4 Å². The van der Waals surface area contributed by atoms with Crippen LogP contribution in [0.15, 0.2) is 35.4 Å². The van der Waals surface area contributed by atoms with Gasteiger partial charge in [0, 0.05) is 29.4 Å². The van der Waals surface area contributed by atoms with Crippen LogP contribution in [0.4, 0.5) is 30.2 Å². The van der Waals surface area contributed by atoms with Crippen LogP contribution in [0, 0.1) is 10.1 Å². The maximum absolute atomic E-state index is 12.9. The van der Waals surface area contributed by atoms with Crippen molar-refractivity contribution in [2.24, 2.45) is 5.10 Å². The van der Waals surface area contributed by atoms with E-state index in [4.69, 9.17) is 11.6 Å². The smallest absolute Gasteiger partial charge is 0.366 e. The van der Waals surface area contributed by atoms with Crippen molar-refractivity contribution in [3.8, 4) is 0 Å². The zero-order valence-electron chi connectivity index (χ0n) is 18.1. The average Bonchev–Trinajstić information content (AvgIpc) is 2.67. The zero-order chi connectivity index (χ0) is 23.8. The Kier molecular flexibility index (Phi) is 6.42. The van der Waals surface area contributed by atoms with Gasteiger partial charge in [-0.05, 0) is 62.9 Å². The highest BCUT2D eigenvalue weighted by atomic mass is 35.5. The number of nitrogens with one attached hydrogen (secondary N) is 1. The van der Waals surface area contributed by atoms with Gasteiger partial charge in [0.2, 0.25) is 0 Å². The van der Waals surface area contributed by atoms with Crippen LogP contribution in [0.2, 0.25) is 5.02 Å². The molecule has 0 bridgehead atoms. The van der Waals surface area contributed by atoms with E-state index >= 15 is 0 Å².